The van der Waals surface area contributed by atoms with Crippen molar-refractivity contribution in [2.45, 2.75) is 63.8 Å². The molecule has 0 aliphatic carbocycles. The number of anilines is 1. The van der Waals surface area contributed by atoms with Crippen LogP contribution in [0.4, 0.5) is 5.69 Å². The maximum Gasteiger partial charge on any atom is 0.251 e. The van der Waals surface area contributed by atoms with Crippen molar-refractivity contribution in [2.75, 3.05) is 5.32 Å². The van der Waals surface area contributed by atoms with Crippen LogP contribution in [0.3, 0.4) is 0 Å². The fourth-order valence-electron chi connectivity index (χ4n) is 2.77. The summed E-state index contributed by atoms with van der Waals surface area (Å²) in [5.74, 6) is -0.0888. The van der Waals surface area contributed by atoms with E-state index in [-0.39, 0.29) is 16.7 Å². The molecule has 0 aliphatic heterocycles. The highest BCUT2D eigenvalue weighted by Crippen LogP contribution is 2.25. The van der Waals surface area contributed by atoms with Gasteiger partial charge in [-0.3, -0.25) is 9.59 Å². The van der Waals surface area contributed by atoms with E-state index in [0.29, 0.717) is 5.16 Å². The van der Waals surface area contributed by atoms with Crippen LogP contribution in [0.1, 0.15) is 50.9 Å². The Morgan fingerprint density at radius 1 is 1.23 bits per heavy atom. The average molecular weight is 374 g/mol. The fraction of sp³-hybridized carbons (Fsp3) is 0.450. The maximum atomic E-state index is 12.7. The number of rotatable bonds is 8. The lowest BCUT2D eigenvalue weighted by Crippen LogP contribution is -2.24. The summed E-state index contributed by atoms with van der Waals surface area (Å²) < 4.78 is 0. The molecule has 6 heteroatoms. The Bertz CT molecular complexity index is 795. The van der Waals surface area contributed by atoms with E-state index < -0.39 is 0 Å². The molecule has 0 unspecified atom stereocenters. The SMILES string of the molecule is CCCc1cc(=O)[nH]c(S[C@@H](C)C(=O)Nc2c(CC)cccc2CC)n1. The smallest absolute Gasteiger partial charge is 0.251 e. The lowest BCUT2D eigenvalue weighted by molar-refractivity contribution is -0.115. The monoisotopic (exact) mass is 373 g/mol. The van der Waals surface area contributed by atoms with E-state index in [1.54, 1.807) is 0 Å². The standard InChI is InChI=1S/C20H27N3O2S/c1-5-9-16-12-17(24)22-20(21-16)26-13(4)19(25)23-18-14(6-2)10-8-11-15(18)7-3/h8,10-13H,5-7,9H2,1-4H3,(H,23,25)(H,21,22,24)/t13-/m0/s1. The van der Waals surface area contributed by atoms with E-state index in [1.165, 1.54) is 17.8 Å². The first-order valence-electron chi connectivity index (χ1n) is 9.16. The van der Waals surface area contributed by atoms with Gasteiger partial charge in [0.05, 0.1) is 5.25 Å². The first-order valence-corrected chi connectivity index (χ1v) is 10.0. The predicted molar refractivity (Wildman–Crippen MR) is 108 cm³/mol. The predicted octanol–water partition coefficient (Wildman–Crippen LogP) is 3.97. The molecular weight excluding hydrogens is 346 g/mol. The van der Waals surface area contributed by atoms with Crippen LogP contribution in [0.15, 0.2) is 34.2 Å². The number of carbonyl (C=O) groups is 1. The minimum Gasteiger partial charge on any atom is -0.325 e. The Labute approximate surface area is 159 Å². The molecular formula is C20H27N3O2S. The van der Waals surface area contributed by atoms with Gasteiger partial charge in [0.25, 0.3) is 5.56 Å². The number of para-hydroxylation sites is 1. The second-order valence-corrected chi connectivity index (χ2v) is 7.53. The van der Waals surface area contributed by atoms with Gasteiger partial charge in [-0.25, -0.2) is 4.98 Å². The number of benzene rings is 1. The van der Waals surface area contributed by atoms with Crippen LogP contribution in [0, 0.1) is 0 Å². The molecule has 26 heavy (non-hydrogen) atoms. The van der Waals surface area contributed by atoms with Crippen molar-refractivity contribution >= 4 is 23.4 Å². The van der Waals surface area contributed by atoms with E-state index in [4.69, 9.17) is 0 Å². The van der Waals surface area contributed by atoms with Gasteiger partial charge >= 0.3 is 0 Å². The Hall–Kier alpha value is -2.08. The Morgan fingerprint density at radius 3 is 2.46 bits per heavy atom. The minimum atomic E-state index is -0.371. The molecule has 1 heterocycles. The molecule has 0 aliphatic rings. The van der Waals surface area contributed by atoms with Crippen LogP contribution >= 0.6 is 11.8 Å². The third-order valence-electron chi connectivity index (χ3n) is 4.18. The van der Waals surface area contributed by atoms with E-state index in [1.807, 2.05) is 32.0 Å². The molecule has 140 valence electrons. The van der Waals surface area contributed by atoms with Crippen molar-refractivity contribution < 1.29 is 4.79 Å². The Balaban J connectivity index is 2.15. The molecule has 0 saturated carbocycles. The van der Waals surface area contributed by atoms with Crippen LogP contribution in [0.25, 0.3) is 0 Å². The van der Waals surface area contributed by atoms with Crippen molar-refractivity contribution in [3.05, 3.63) is 51.4 Å². The number of nitrogens with one attached hydrogen (secondary N) is 2. The number of carbonyl (C=O) groups excluding carboxylic acids is 1. The summed E-state index contributed by atoms with van der Waals surface area (Å²) in [4.78, 5) is 31.6. The number of nitrogens with zero attached hydrogens (tertiary/aromatic N) is 1. The van der Waals surface area contributed by atoms with Crippen LogP contribution < -0.4 is 10.9 Å². The van der Waals surface area contributed by atoms with Gasteiger partial charge in [0.2, 0.25) is 5.91 Å². The van der Waals surface area contributed by atoms with Gasteiger partial charge in [0.15, 0.2) is 5.16 Å². The van der Waals surface area contributed by atoms with Crippen LogP contribution in [-0.2, 0) is 24.1 Å². The second-order valence-electron chi connectivity index (χ2n) is 6.20. The highest BCUT2D eigenvalue weighted by molar-refractivity contribution is 8.00. The first-order chi connectivity index (χ1) is 12.5. The van der Waals surface area contributed by atoms with Crippen LogP contribution in [0.2, 0.25) is 0 Å². The number of hydrogen-bond acceptors (Lipinski definition) is 4. The number of aromatic amines is 1. The topological polar surface area (TPSA) is 74.8 Å². The fourth-order valence-corrected chi connectivity index (χ4v) is 3.60. The average Bonchev–Trinajstić information content (AvgIpc) is 2.61. The van der Waals surface area contributed by atoms with Gasteiger partial charge < -0.3 is 10.3 Å². The molecule has 0 bridgehead atoms. The summed E-state index contributed by atoms with van der Waals surface area (Å²) in [6, 6.07) is 7.63. The molecule has 1 atom stereocenters. The largest absolute Gasteiger partial charge is 0.325 e. The summed E-state index contributed by atoms with van der Waals surface area (Å²) in [5.41, 5.74) is 3.76. The number of hydrogen-bond donors (Lipinski definition) is 2. The summed E-state index contributed by atoms with van der Waals surface area (Å²) in [6.45, 7) is 8.03. The van der Waals surface area contributed by atoms with E-state index >= 15 is 0 Å². The van der Waals surface area contributed by atoms with Gasteiger partial charge in [-0.05, 0) is 37.3 Å². The molecule has 1 aromatic carbocycles. The van der Waals surface area contributed by atoms with Crippen LogP contribution in [0.5, 0.6) is 0 Å². The Morgan fingerprint density at radius 2 is 1.88 bits per heavy atom. The van der Waals surface area contributed by atoms with Crippen molar-refractivity contribution in [3.63, 3.8) is 0 Å². The zero-order chi connectivity index (χ0) is 19.1. The van der Waals surface area contributed by atoms with Crippen molar-refractivity contribution in [1.82, 2.24) is 9.97 Å². The van der Waals surface area contributed by atoms with Gasteiger partial charge in [-0.1, -0.05) is 57.2 Å². The number of aromatic nitrogens is 2. The molecule has 0 saturated heterocycles. The normalized spacial score (nSPS) is 12.0. The van der Waals surface area contributed by atoms with Gasteiger partial charge in [0.1, 0.15) is 0 Å². The molecule has 2 N–H and O–H groups in total. The molecule has 0 fully saturated rings. The molecule has 5 nitrogen and oxygen atoms in total. The zero-order valence-electron chi connectivity index (χ0n) is 15.9. The molecule has 1 amide bonds. The molecule has 1 aromatic heterocycles. The number of thioether (sulfide) groups is 1. The summed E-state index contributed by atoms with van der Waals surface area (Å²) in [6.07, 6.45) is 3.39. The lowest BCUT2D eigenvalue weighted by atomic mass is 10.0. The molecule has 2 aromatic rings. The first kappa shape index (κ1) is 20.2. The van der Waals surface area contributed by atoms with E-state index in [0.717, 1.165) is 48.2 Å². The van der Waals surface area contributed by atoms with E-state index in [2.05, 4.69) is 29.1 Å². The van der Waals surface area contributed by atoms with Crippen molar-refractivity contribution in [3.8, 4) is 0 Å². The maximum absolute atomic E-state index is 12.7. The van der Waals surface area contributed by atoms with Crippen LogP contribution in [-0.4, -0.2) is 21.1 Å². The summed E-state index contributed by atoms with van der Waals surface area (Å²) >= 11 is 1.27. The third-order valence-corrected chi connectivity index (χ3v) is 5.17. The van der Waals surface area contributed by atoms with Gasteiger partial charge in [0, 0.05) is 17.4 Å². The minimum absolute atomic E-state index is 0.0888. The quantitative estimate of drug-likeness (QED) is 0.542. The van der Waals surface area contributed by atoms with E-state index in [9.17, 15) is 9.59 Å². The number of aryl methyl sites for hydroxylation is 3. The van der Waals surface area contributed by atoms with Crippen molar-refractivity contribution in [1.29, 1.82) is 0 Å². The summed E-state index contributed by atoms with van der Waals surface area (Å²) in [5, 5.41) is 3.19. The lowest BCUT2D eigenvalue weighted by Gasteiger charge is -2.17. The Kier molecular flexibility index (Phi) is 7.45. The highest BCUT2D eigenvalue weighted by Gasteiger charge is 2.18. The summed E-state index contributed by atoms with van der Waals surface area (Å²) in [7, 11) is 0. The zero-order valence-corrected chi connectivity index (χ0v) is 16.7. The molecule has 2 rings (SSSR count). The van der Waals surface area contributed by atoms with Gasteiger partial charge in [-0.15, -0.1) is 0 Å². The van der Waals surface area contributed by atoms with Crippen molar-refractivity contribution in [2.24, 2.45) is 0 Å². The molecule has 0 spiro atoms. The third kappa shape index (κ3) is 5.21. The highest BCUT2D eigenvalue weighted by atomic mass is 32.2. The number of H-pyrrole nitrogens is 1. The second kappa shape index (κ2) is 9.57. The van der Waals surface area contributed by atoms with Gasteiger partial charge in [-0.2, -0.15) is 0 Å². The number of amides is 1. The molecule has 0 radical (unpaired) electrons.